The van der Waals surface area contributed by atoms with Gasteiger partial charge in [-0.2, -0.15) is 5.10 Å². The molecule has 31 heavy (non-hydrogen) atoms. The second-order valence-corrected chi connectivity index (χ2v) is 7.15. The van der Waals surface area contributed by atoms with E-state index in [1.165, 1.54) is 23.4 Å². The molecule has 3 aromatic rings. The first-order valence-electron chi connectivity index (χ1n) is 9.19. The Kier molecular flexibility index (Phi) is 5.09. The summed E-state index contributed by atoms with van der Waals surface area (Å²) in [6.45, 7) is 0.549. The first-order valence-corrected chi connectivity index (χ1v) is 9.19. The van der Waals surface area contributed by atoms with Crippen molar-refractivity contribution in [3.8, 4) is 17.3 Å². The van der Waals surface area contributed by atoms with Crippen molar-refractivity contribution in [2.45, 2.75) is 12.8 Å². The van der Waals surface area contributed by atoms with Crippen LogP contribution in [0.4, 0.5) is 14.5 Å². The molecule has 0 radical (unpaired) electrons. The zero-order valence-electron chi connectivity index (χ0n) is 16.2. The van der Waals surface area contributed by atoms with Gasteiger partial charge in [0.15, 0.2) is 0 Å². The number of anilines is 1. The number of rotatable bonds is 5. The van der Waals surface area contributed by atoms with Crippen molar-refractivity contribution in [1.82, 2.24) is 30.1 Å². The van der Waals surface area contributed by atoms with Crippen LogP contribution >= 0.6 is 0 Å². The van der Waals surface area contributed by atoms with Crippen LogP contribution in [0.1, 0.15) is 5.56 Å². The maximum atomic E-state index is 14.6. The molecule has 1 aliphatic heterocycles. The first kappa shape index (κ1) is 20.4. The number of hydrogen-bond acceptors (Lipinski definition) is 8. The van der Waals surface area contributed by atoms with E-state index in [-0.39, 0.29) is 36.1 Å². The van der Waals surface area contributed by atoms with Crippen molar-refractivity contribution in [2.75, 3.05) is 24.6 Å². The van der Waals surface area contributed by atoms with Gasteiger partial charge in [-0.3, -0.25) is 14.6 Å². The number of aromatic nitrogens is 6. The Labute approximate surface area is 172 Å². The Bertz CT molecular complexity index is 1270. The third-order valence-corrected chi connectivity index (χ3v) is 4.83. The number of halogens is 2. The number of nitrogens with one attached hydrogen (secondary N) is 3. The number of nitrogens with zero attached hydrogens (tertiary/aromatic N) is 4. The van der Waals surface area contributed by atoms with Gasteiger partial charge >= 0.3 is 11.7 Å². The Morgan fingerprint density at radius 2 is 1.97 bits per heavy atom. The van der Waals surface area contributed by atoms with Gasteiger partial charge in [0.2, 0.25) is 0 Å². The number of ether oxygens (including phenoxy) is 1. The van der Waals surface area contributed by atoms with E-state index < -0.39 is 35.2 Å². The molecule has 0 aliphatic carbocycles. The van der Waals surface area contributed by atoms with Gasteiger partial charge in [0.05, 0.1) is 23.7 Å². The lowest BCUT2D eigenvalue weighted by atomic mass is 10.1. The second kappa shape index (κ2) is 7.74. The maximum Gasteiger partial charge on any atom is 0.325 e. The molecule has 0 spiro atoms. The van der Waals surface area contributed by atoms with Crippen molar-refractivity contribution >= 4 is 5.69 Å². The number of H-pyrrole nitrogens is 3. The van der Waals surface area contributed by atoms with Crippen LogP contribution in [0, 0.1) is 12.8 Å². The van der Waals surface area contributed by atoms with Crippen molar-refractivity contribution in [3.63, 3.8) is 0 Å². The maximum absolute atomic E-state index is 14.6. The standard InChI is InChI=1S/C18H17F2N7O4/c1-9-3-22-17(23-4-9)31-7-10-6-27(8-18(10,19)20)13-2-12(25-26-15(13)29)11-5-21-16(30)24-14(11)28/h2-5,10H,6-8H2,1H3,(H,26,29)(H2,21,24,28,30). The summed E-state index contributed by atoms with van der Waals surface area (Å²) in [5.41, 5.74) is -1.42. The third-order valence-electron chi connectivity index (χ3n) is 4.83. The largest absolute Gasteiger partial charge is 0.463 e. The first-order chi connectivity index (χ1) is 14.7. The van der Waals surface area contributed by atoms with Gasteiger partial charge in [-0.15, -0.1) is 0 Å². The molecule has 13 heteroatoms. The summed E-state index contributed by atoms with van der Waals surface area (Å²) in [6.07, 6.45) is 4.15. The molecule has 1 atom stereocenters. The Balaban J connectivity index is 1.57. The SMILES string of the molecule is Cc1cnc(OCC2CN(c3cc(-c4c[nH]c(=O)[nH]c4=O)n[nH]c3=O)CC2(F)F)nc1. The fraction of sp³-hybridized carbons (Fsp3) is 0.333. The van der Waals surface area contributed by atoms with Crippen LogP contribution in [0.5, 0.6) is 6.01 Å². The summed E-state index contributed by atoms with van der Waals surface area (Å²) in [5, 5.41) is 5.98. The van der Waals surface area contributed by atoms with Gasteiger partial charge in [-0.25, -0.2) is 28.6 Å². The molecule has 1 fully saturated rings. The number of aromatic amines is 3. The highest BCUT2D eigenvalue weighted by Crippen LogP contribution is 2.35. The molecule has 3 N–H and O–H groups in total. The van der Waals surface area contributed by atoms with Gasteiger partial charge < -0.3 is 14.6 Å². The molecule has 1 saturated heterocycles. The zero-order valence-corrected chi connectivity index (χ0v) is 16.2. The third kappa shape index (κ3) is 4.20. The summed E-state index contributed by atoms with van der Waals surface area (Å²) < 4.78 is 34.5. The summed E-state index contributed by atoms with van der Waals surface area (Å²) in [6, 6.07) is 1.21. The van der Waals surface area contributed by atoms with E-state index in [9.17, 15) is 23.2 Å². The topological polar surface area (TPSA) is 150 Å². The van der Waals surface area contributed by atoms with Crippen LogP contribution in [-0.4, -0.2) is 55.8 Å². The molecule has 0 saturated carbocycles. The minimum Gasteiger partial charge on any atom is -0.463 e. The molecule has 4 heterocycles. The molecule has 11 nitrogen and oxygen atoms in total. The average Bonchev–Trinajstić information content (AvgIpc) is 3.02. The lowest BCUT2D eigenvalue weighted by Gasteiger charge is -2.17. The van der Waals surface area contributed by atoms with Crippen LogP contribution in [0.15, 0.2) is 39.0 Å². The highest BCUT2D eigenvalue weighted by atomic mass is 19.3. The minimum atomic E-state index is -3.14. The van der Waals surface area contributed by atoms with Crippen molar-refractivity contribution < 1.29 is 13.5 Å². The van der Waals surface area contributed by atoms with E-state index in [0.29, 0.717) is 0 Å². The quantitative estimate of drug-likeness (QED) is 0.511. The molecular weight excluding hydrogens is 416 g/mol. The van der Waals surface area contributed by atoms with Crippen molar-refractivity contribution in [2.24, 2.45) is 5.92 Å². The Morgan fingerprint density at radius 3 is 2.68 bits per heavy atom. The normalized spacial score (nSPS) is 17.6. The number of hydrogen-bond donors (Lipinski definition) is 3. The van der Waals surface area contributed by atoms with Crippen LogP contribution in [0.3, 0.4) is 0 Å². The molecule has 0 bridgehead atoms. The molecule has 1 aliphatic rings. The van der Waals surface area contributed by atoms with Crippen molar-refractivity contribution in [1.29, 1.82) is 0 Å². The molecule has 4 rings (SSSR count). The van der Waals surface area contributed by atoms with Crippen molar-refractivity contribution in [3.05, 3.63) is 61.4 Å². The fourth-order valence-corrected chi connectivity index (χ4v) is 3.20. The number of alkyl halides is 2. The van der Waals surface area contributed by atoms with Gasteiger partial charge in [0.1, 0.15) is 12.3 Å². The van der Waals surface area contributed by atoms with E-state index in [1.807, 2.05) is 4.98 Å². The summed E-state index contributed by atoms with van der Waals surface area (Å²) >= 11 is 0. The van der Waals surface area contributed by atoms with Crippen LogP contribution in [0.2, 0.25) is 0 Å². The molecule has 162 valence electrons. The van der Waals surface area contributed by atoms with E-state index in [2.05, 4.69) is 25.1 Å². The Hall–Kier alpha value is -3.90. The summed E-state index contributed by atoms with van der Waals surface area (Å²) in [5.74, 6) is -4.36. The predicted molar refractivity (Wildman–Crippen MR) is 104 cm³/mol. The van der Waals surface area contributed by atoms with Gasteiger partial charge in [-0.1, -0.05) is 0 Å². The predicted octanol–water partition coefficient (Wildman–Crippen LogP) is 0.0624. The highest BCUT2D eigenvalue weighted by molar-refractivity contribution is 5.62. The molecule has 0 aromatic carbocycles. The zero-order chi connectivity index (χ0) is 22.2. The molecule has 3 aromatic heterocycles. The summed E-state index contributed by atoms with van der Waals surface area (Å²) in [4.78, 5) is 48.8. The second-order valence-electron chi connectivity index (χ2n) is 7.15. The molecule has 0 amide bonds. The van der Waals surface area contributed by atoms with E-state index in [1.54, 1.807) is 6.92 Å². The highest BCUT2D eigenvalue weighted by Gasteiger charge is 2.49. The smallest absolute Gasteiger partial charge is 0.325 e. The minimum absolute atomic E-state index is 0.0128. The van der Waals surface area contributed by atoms with E-state index in [0.717, 1.165) is 11.8 Å². The van der Waals surface area contributed by atoms with Crippen LogP contribution in [-0.2, 0) is 0 Å². The van der Waals surface area contributed by atoms with E-state index in [4.69, 9.17) is 4.74 Å². The van der Waals surface area contributed by atoms with Gasteiger partial charge in [-0.05, 0) is 18.6 Å². The van der Waals surface area contributed by atoms with Gasteiger partial charge in [0, 0.05) is 25.1 Å². The van der Waals surface area contributed by atoms with E-state index >= 15 is 0 Å². The number of aryl methyl sites for hydroxylation is 1. The lowest BCUT2D eigenvalue weighted by molar-refractivity contribution is -0.0364. The van der Waals surface area contributed by atoms with Gasteiger partial charge in [0.25, 0.3) is 17.0 Å². The lowest BCUT2D eigenvalue weighted by Crippen LogP contribution is -2.32. The average molecular weight is 433 g/mol. The molecular formula is C18H17F2N7O4. The molecule has 1 unspecified atom stereocenters. The Morgan fingerprint density at radius 1 is 1.23 bits per heavy atom. The van der Waals surface area contributed by atoms with Crippen LogP contribution < -0.4 is 26.4 Å². The fourth-order valence-electron chi connectivity index (χ4n) is 3.20. The van der Waals surface area contributed by atoms with Crippen LogP contribution in [0.25, 0.3) is 11.3 Å². The summed E-state index contributed by atoms with van der Waals surface area (Å²) in [7, 11) is 0. The monoisotopic (exact) mass is 433 g/mol.